The number of hydrogen-bond donors (Lipinski definition) is 1. The third kappa shape index (κ3) is 4.44. The van der Waals surface area contributed by atoms with Gasteiger partial charge in [0.25, 0.3) is 5.91 Å². The van der Waals surface area contributed by atoms with Crippen molar-refractivity contribution in [3.05, 3.63) is 95.0 Å². The summed E-state index contributed by atoms with van der Waals surface area (Å²) in [7, 11) is 1.62. The molecule has 0 saturated heterocycles. The average Bonchev–Trinajstić information content (AvgIpc) is 3.56. The van der Waals surface area contributed by atoms with Crippen LogP contribution >= 0.6 is 11.3 Å². The van der Waals surface area contributed by atoms with Crippen molar-refractivity contribution in [1.82, 2.24) is 20.0 Å². The molecular weight excluding hydrogens is 460 g/mol. The molecule has 5 rings (SSSR count). The highest BCUT2D eigenvalue weighted by atomic mass is 32.1. The minimum atomic E-state index is -1.12. The molecule has 2 amide bonds. The third-order valence-corrected chi connectivity index (χ3v) is 7.25. The van der Waals surface area contributed by atoms with Gasteiger partial charge in [-0.2, -0.15) is 5.10 Å². The number of carbonyl (C=O) groups excluding carboxylic acids is 2. The van der Waals surface area contributed by atoms with Crippen LogP contribution in [0.1, 0.15) is 28.5 Å². The molecule has 4 aromatic rings. The van der Waals surface area contributed by atoms with Gasteiger partial charge in [0.2, 0.25) is 5.91 Å². The molecule has 2 aromatic heterocycles. The Morgan fingerprint density at radius 1 is 1.09 bits per heavy atom. The first kappa shape index (κ1) is 22.9. The van der Waals surface area contributed by atoms with Crippen LogP contribution in [0.2, 0.25) is 0 Å². The Labute approximate surface area is 208 Å². The Hall–Kier alpha value is -3.91. The highest BCUT2D eigenvalue weighted by Crippen LogP contribution is 2.32. The molecule has 0 saturated carbocycles. The molecule has 0 bridgehead atoms. The second-order valence-electron chi connectivity index (χ2n) is 8.73. The largest absolute Gasteiger partial charge is 0.497 e. The zero-order valence-electron chi connectivity index (χ0n) is 19.6. The summed E-state index contributed by atoms with van der Waals surface area (Å²) >= 11 is 1.57. The zero-order chi connectivity index (χ0) is 24.4. The fraction of sp³-hybridized carbons (Fsp3) is 0.222. The maximum atomic E-state index is 13.7. The van der Waals surface area contributed by atoms with E-state index < -0.39 is 5.54 Å². The molecule has 35 heavy (non-hydrogen) atoms. The van der Waals surface area contributed by atoms with Crippen molar-refractivity contribution < 1.29 is 14.3 Å². The summed E-state index contributed by atoms with van der Waals surface area (Å²) in [6, 6.07) is 23.0. The van der Waals surface area contributed by atoms with Gasteiger partial charge in [-0.05, 0) is 47.7 Å². The summed E-state index contributed by atoms with van der Waals surface area (Å²) in [5, 5.41) is 9.70. The summed E-state index contributed by atoms with van der Waals surface area (Å²) in [5.41, 5.74) is 2.02. The number of hydrogen-bond acceptors (Lipinski definition) is 5. The van der Waals surface area contributed by atoms with Crippen LogP contribution < -0.4 is 10.1 Å². The van der Waals surface area contributed by atoms with Gasteiger partial charge in [0.1, 0.15) is 22.7 Å². The van der Waals surface area contributed by atoms with Gasteiger partial charge < -0.3 is 15.0 Å². The van der Waals surface area contributed by atoms with Gasteiger partial charge in [-0.1, -0.05) is 48.5 Å². The van der Waals surface area contributed by atoms with E-state index in [2.05, 4.69) is 10.4 Å². The fourth-order valence-electron chi connectivity index (χ4n) is 4.32. The second-order valence-corrected chi connectivity index (χ2v) is 9.68. The molecule has 0 spiro atoms. The van der Waals surface area contributed by atoms with E-state index >= 15 is 0 Å². The number of benzene rings is 2. The zero-order valence-corrected chi connectivity index (χ0v) is 20.4. The Kier molecular flexibility index (Phi) is 6.13. The maximum Gasteiger partial charge on any atom is 0.273 e. The minimum Gasteiger partial charge on any atom is -0.497 e. The van der Waals surface area contributed by atoms with Crippen LogP contribution in [0.5, 0.6) is 5.75 Å². The number of amides is 2. The smallest absolute Gasteiger partial charge is 0.273 e. The van der Waals surface area contributed by atoms with Crippen LogP contribution in [0.3, 0.4) is 0 Å². The normalized spacial score (nSPS) is 17.2. The second kappa shape index (κ2) is 9.38. The van der Waals surface area contributed by atoms with Crippen molar-refractivity contribution in [2.45, 2.75) is 32.1 Å². The van der Waals surface area contributed by atoms with Gasteiger partial charge in [0.15, 0.2) is 0 Å². The van der Waals surface area contributed by atoms with Gasteiger partial charge in [-0.3, -0.25) is 14.3 Å². The van der Waals surface area contributed by atoms with Crippen molar-refractivity contribution >= 4 is 23.2 Å². The molecule has 0 unspecified atom stereocenters. The van der Waals surface area contributed by atoms with E-state index in [-0.39, 0.29) is 18.4 Å². The number of nitrogens with zero attached hydrogens (tertiary/aromatic N) is 3. The Bertz CT molecular complexity index is 1330. The number of rotatable bonds is 7. The molecule has 178 valence electrons. The molecule has 1 atom stereocenters. The molecule has 1 N–H and O–H groups in total. The molecule has 0 fully saturated rings. The number of methoxy groups -OCH3 is 1. The number of ether oxygens (including phenoxy) is 1. The quantitative estimate of drug-likeness (QED) is 0.421. The summed E-state index contributed by atoms with van der Waals surface area (Å²) in [5.74, 6) is 0.320. The lowest BCUT2D eigenvalue weighted by Crippen LogP contribution is -2.63. The van der Waals surface area contributed by atoms with Gasteiger partial charge >= 0.3 is 0 Å². The Balaban J connectivity index is 1.45. The van der Waals surface area contributed by atoms with E-state index in [1.54, 1.807) is 28.0 Å². The van der Waals surface area contributed by atoms with Crippen molar-refractivity contribution in [2.24, 2.45) is 0 Å². The van der Waals surface area contributed by atoms with E-state index in [1.807, 2.05) is 85.1 Å². The molecule has 1 aliphatic heterocycles. The van der Waals surface area contributed by atoms with Crippen LogP contribution in [0.4, 0.5) is 0 Å². The van der Waals surface area contributed by atoms with Gasteiger partial charge in [0.05, 0.1) is 18.5 Å². The summed E-state index contributed by atoms with van der Waals surface area (Å²) in [4.78, 5) is 30.0. The monoisotopic (exact) mass is 486 g/mol. The average molecular weight is 487 g/mol. The first-order valence-corrected chi connectivity index (χ1v) is 12.2. The van der Waals surface area contributed by atoms with Gasteiger partial charge in [-0.15, -0.1) is 11.3 Å². The number of nitrogens with one attached hydrogen (secondary N) is 1. The summed E-state index contributed by atoms with van der Waals surface area (Å²) in [6.45, 7) is 2.75. The van der Waals surface area contributed by atoms with Crippen LogP contribution in [0.25, 0.3) is 10.6 Å². The van der Waals surface area contributed by atoms with E-state index in [4.69, 9.17) is 4.74 Å². The summed E-state index contributed by atoms with van der Waals surface area (Å²) < 4.78 is 6.88. The predicted molar refractivity (Wildman–Crippen MR) is 135 cm³/mol. The SMILES string of the molecule is COc1ccc(CNC(=O)[C@]2(C)Cn3nc(-c4cccs4)cc3C(=O)N2Cc2ccccc2)cc1. The lowest BCUT2D eigenvalue weighted by molar-refractivity contribution is -0.133. The van der Waals surface area contributed by atoms with Gasteiger partial charge in [0, 0.05) is 13.1 Å². The highest BCUT2D eigenvalue weighted by Gasteiger charge is 2.48. The van der Waals surface area contributed by atoms with E-state index in [0.29, 0.717) is 18.8 Å². The van der Waals surface area contributed by atoms with Crippen LogP contribution in [-0.2, 0) is 24.4 Å². The molecule has 0 radical (unpaired) electrons. The number of aromatic nitrogens is 2. The number of fused-ring (bicyclic) bond motifs is 1. The van der Waals surface area contributed by atoms with Crippen molar-refractivity contribution in [3.63, 3.8) is 0 Å². The van der Waals surface area contributed by atoms with Gasteiger partial charge in [-0.25, -0.2) is 0 Å². The Morgan fingerprint density at radius 2 is 1.86 bits per heavy atom. The van der Waals surface area contributed by atoms with E-state index in [1.165, 1.54) is 0 Å². The minimum absolute atomic E-state index is 0.211. The van der Waals surface area contributed by atoms with Crippen LogP contribution in [0.15, 0.2) is 78.2 Å². The first-order chi connectivity index (χ1) is 17.0. The Morgan fingerprint density at radius 3 is 2.54 bits per heavy atom. The molecular formula is C27H26N4O3S. The number of carbonyl (C=O) groups is 2. The van der Waals surface area contributed by atoms with E-state index in [9.17, 15) is 9.59 Å². The first-order valence-electron chi connectivity index (χ1n) is 11.4. The highest BCUT2D eigenvalue weighted by molar-refractivity contribution is 7.13. The van der Waals surface area contributed by atoms with Crippen molar-refractivity contribution in [2.75, 3.05) is 7.11 Å². The molecule has 3 heterocycles. The van der Waals surface area contributed by atoms with Crippen LogP contribution in [-0.4, -0.2) is 39.1 Å². The third-order valence-electron chi connectivity index (χ3n) is 6.36. The molecule has 7 nitrogen and oxygen atoms in total. The predicted octanol–water partition coefficient (Wildman–Crippen LogP) is 4.35. The molecule has 8 heteroatoms. The van der Waals surface area contributed by atoms with Crippen molar-refractivity contribution in [3.8, 4) is 16.3 Å². The lowest BCUT2D eigenvalue weighted by Gasteiger charge is -2.43. The van der Waals surface area contributed by atoms with Crippen molar-refractivity contribution in [1.29, 1.82) is 0 Å². The lowest BCUT2D eigenvalue weighted by atomic mass is 9.94. The fourth-order valence-corrected chi connectivity index (χ4v) is 5.00. The standard InChI is InChI=1S/C27H26N4O3S/c1-27(26(33)28-16-19-10-12-21(34-2)13-11-19)18-31-23(15-22(29-31)24-9-6-14-35-24)25(32)30(27)17-20-7-4-3-5-8-20/h3-15H,16-18H2,1-2H3,(H,28,33)/t27-/m0/s1. The topological polar surface area (TPSA) is 76.5 Å². The molecule has 0 aliphatic carbocycles. The molecule has 2 aromatic carbocycles. The number of thiophene rings is 1. The maximum absolute atomic E-state index is 13.7. The summed E-state index contributed by atoms with van der Waals surface area (Å²) in [6.07, 6.45) is 0. The molecule has 1 aliphatic rings. The van der Waals surface area contributed by atoms with E-state index in [0.717, 1.165) is 27.4 Å². The van der Waals surface area contributed by atoms with Crippen LogP contribution in [0, 0.1) is 0 Å².